The highest BCUT2D eigenvalue weighted by molar-refractivity contribution is 6.10. The third-order valence-corrected chi connectivity index (χ3v) is 4.73. The number of methoxy groups -OCH3 is 1. The van der Waals surface area contributed by atoms with Gasteiger partial charge in [-0.3, -0.25) is 14.5 Å². The minimum absolute atomic E-state index is 0.00785. The summed E-state index contributed by atoms with van der Waals surface area (Å²) in [6.45, 7) is 3.88. The molecule has 1 N–H and O–H groups in total. The molecule has 1 aromatic rings. The van der Waals surface area contributed by atoms with Crippen molar-refractivity contribution < 1.29 is 19.4 Å². The van der Waals surface area contributed by atoms with Gasteiger partial charge in [-0.25, -0.2) is 0 Å². The summed E-state index contributed by atoms with van der Waals surface area (Å²) in [4.78, 5) is 25.7. The molecule has 1 heterocycles. The first-order valence-corrected chi connectivity index (χ1v) is 7.05. The molecule has 1 saturated carbocycles. The average molecular weight is 289 g/mol. The molecule has 1 aromatic carbocycles. The average Bonchev–Trinajstić information content (AvgIpc) is 2.94. The zero-order valence-electron chi connectivity index (χ0n) is 12.4. The SMILES string of the molecule is COc1cccc(C(O)CN2C(=O)C3C(C2=O)C3(C)C)c1. The molecule has 0 radical (unpaired) electrons. The number of ether oxygens (including phenoxy) is 1. The van der Waals surface area contributed by atoms with E-state index in [0.29, 0.717) is 11.3 Å². The Bertz CT molecular complexity index is 586. The van der Waals surface area contributed by atoms with Crippen molar-refractivity contribution in [3.05, 3.63) is 29.8 Å². The Hall–Kier alpha value is -1.88. The number of amides is 2. The Morgan fingerprint density at radius 2 is 1.90 bits per heavy atom. The molecule has 3 rings (SSSR count). The monoisotopic (exact) mass is 289 g/mol. The van der Waals surface area contributed by atoms with E-state index in [0.717, 1.165) is 0 Å². The van der Waals surface area contributed by atoms with E-state index in [2.05, 4.69) is 0 Å². The minimum Gasteiger partial charge on any atom is -0.497 e. The number of hydrogen-bond acceptors (Lipinski definition) is 4. The molecule has 2 aliphatic rings. The summed E-state index contributed by atoms with van der Waals surface area (Å²) >= 11 is 0. The van der Waals surface area contributed by atoms with E-state index in [9.17, 15) is 14.7 Å². The summed E-state index contributed by atoms with van der Waals surface area (Å²) in [6.07, 6.45) is -0.895. The quantitative estimate of drug-likeness (QED) is 0.850. The first-order chi connectivity index (χ1) is 9.87. The highest BCUT2D eigenvalue weighted by Gasteiger charge is 2.72. The van der Waals surface area contributed by atoms with Crippen molar-refractivity contribution >= 4 is 11.8 Å². The standard InChI is InChI=1S/C16H19NO4/c1-16(2)12-13(16)15(20)17(14(12)19)8-11(18)9-5-4-6-10(7-9)21-3/h4-7,11-13,18H,8H2,1-3H3. The lowest BCUT2D eigenvalue weighted by molar-refractivity contribution is -0.144. The Morgan fingerprint density at radius 3 is 2.48 bits per heavy atom. The van der Waals surface area contributed by atoms with E-state index < -0.39 is 6.10 Å². The number of rotatable bonds is 4. The number of carbonyl (C=O) groups is 2. The molecule has 112 valence electrons. The molecule has 1 saturated heterocycles. The highest BCUT2D eigenvalue weighted by Crippen LogP contribution is 2.63. The number of benzene rings is 1. The number of piperidine rings is 1. The largest absolute Gasteiger partial charge is 0.497 e. The van der Waals surface area contributed by atoms with Gasteiger partial charge in [0, 0.05) is 0 Å². The number of nitrogens with zero attached hydrogens (tertiary/aromatic N) is 1. The van der Waals surface area contributed by atoms with Crippen LogP contribution in [0.2, 0.25) is 0 Å². The van der Waals surface area contributed by atoms with Crippen LogP contribution in [-0.2, 0) is 9.59 Å². The molecule has 2 fully saturated rings. The normalized spacial score (nSPS) is 27.5. The van der Waals surface area contributed by atoms with E-state index in [4.69, 9.17) is 4.74 Å². The molecule has 1 aliphatic carbocycles. The van der Waals surface area contributed by atoms with Crippen LogP contribution in [0.15, 0.2) is 24.3 Å². The third kappa shape index (κ3) is 2.03. The number of aliphatic hydroxyl groups excluding tert-OH is 1. The van der Waals surface area contributed by atoms with Gasteiger partial charge in [0.05, 0.1) is 31.6 Å². The van der Waals surface area contributed by atoms with Gasteiger partial charge in [0.25, 0.3) is 0 Å². The zero-order valence-corrected chi connectivity index (χ0v) is 12.4. The van der Waals surface area contributed by atoms with Gasteiger partial charge in [-0.1, -0.05) is 26.0 Å². The lowest BCUT2D eigenvalue weighted by Crippen LogP contribution is -2.39. The van der Waals surface area contributed by atoms with Gasteiger partial charge >= 0.3 is 0 Å². The van der Waals surface area contributed by atoms with Crippen molar-refractivity contribution in [1.82, 2.24) is 4.90 Å². The summed E-state index contributed by atoms with van der Waals surface area (Å²) in [6, 6.07) is 7.01. The van der Waals surface area contributed by atoms with Crippen molar-refractivity contribution in [2.45, 2.75) is 20.0 Å². The van der Waals surface area contributed by atoms with Gasteiger partial charge in [0.2, 0.25) is 11.8 Å². The van der Waals surface area contributed by atoms with Crippen molar-refractivity contribution in [3.63, 3.8) is 0 Å². The number of fused-ring (bicyclic) bond motifs is 1. The van der Waals surface area contributed by atoms with Crippen LogP contribution < -0.4 is 4.74 Å². The Balaban J connectivity index is 1.73. The second-order valence-corrected chi connectivity index (χ2v) is 6.36. The van der Waals surface area contributed by atoms with E-state index in [1.54, 1.807) is 31.4 Å². The summed E-state index contributed by atoms with van der Waals surface area (Å²) in [5.74, 6) is -0.0893. The van der Waals surface area contributed by atoms with Crippen molar-refractivity contribution in [2.75, 3.05) is 13.7 Å². The predicted octanol–water partition coefficient (Wildman–Crippen LogP) is 1.37. The zero-order chi connectivity index (χ0) is 15.4. The molecule has 5 nitrogen and oxygen atoms in total. The van der Waals surface area contributed by atoms with Gasteiger partial charge in [0.1, 0.15) is 5.75 Å². The molecule has 3 unspecified atom stereocenters. The van der Waals surface area contributed by atoms with E-state index >= 15 is 0 Å². The van der Waals surface area contributed by atoms with Crippen molar-refractivity contribution in [1.29, 1.82) is 0 Å². The van der Waals surface area contributed by atoms with Crippen LogP contribution in [-0.4, -0.2) is 35.5 Å². The van der Waals surface area contributed by atoms with Crippen molar-refractivity contribution in [3.8, 4) is 5.75 Å². The Kier molecular flexibility index (Phi) is 3.06. The van der Waals surface area contributed by atoms with Gasteiger partial charge < -0.3 is 9.84 Å². The fourth-order valence-electron chi connectivity index (χ4n) is 3.31. The van der Waals surface area contributed by atoms with Crippen LogP contribution in [0, 0.1) is 17.3 Å². The first-order valence-electron chi connectivity index (χ1n) is 7.05. The summed E-state index contributed by atoms with van der Waals surface area (Å²) in [5.41, 5.74) is 0.417. The van der Waals surface area contributed by atoms with E-state index in [-0.39, 0.29) is 35.6 Å². The smallest absolute Gasteiger partial charge is 0.233 e. The maximum Gasteiger partial charge on any atom is 0.233 e. The fraction of sp³-hybridized carbons (Fsp3) is 0.500. The second-order valence-electron chi connectivity index (χ2n) is 6.36. The number of β-amino-alcohol motifs (C(OH)–C–C–N with tert-alkyl or cyclic N) is 1. The maximum absolute atomic E-state index is 12.2. The molecule has 21 heavy (non-hydrogen) atoms. The second kappa shape index (κ2) is 4.56. The molecule has 1 aliphatic heterocycles. The molecule has 0 aromatic heterocycles. The van der Waals surface area contributed by atoms with E-state index in [1.165, 1.54) is 4.90 Å². The first kappa shape index (κ1) is 14.1. The highest BCUT2D eigenvalue weighted by atomic mass is 16.5. The van der Waals surface area contributed by atoms with Crippen LogP contribution in [0.1, 0.15) is 25.5 Å². The molecule has 3 atom stereocenters. The Morgan fingerprint density at radius 1 is 1.29 bits per heavy atom. The molecule has 2 amide bonds. The summed E-state index contributed by atoms with van der Waals surface area (Å²) in [5, 5.41) is 10.3. The Labute approximate surface area is 123 Å². The number of likely N-dealkylation sites (tertiary alicyclic amines) is 1. The number of hydrogen-bond donors (Lipinski definition) is 1. The van der Waals surface area contributed by atoms with E-state index in [1.807, 2.05) is 13.8 Å². The summed E-state index contributed by atoms with van der Waals surface area (Å²) in [7, 11) is 1.55. The van der Waals surface area contributed by atoms with Crippen molar-refractivity contribution in [2.24, 2.45) is 17.3 Å². The number of carbonyl (C=O) groups excluding carboxylic acids is 2. The fourth-order valence-corrected chi connectivity index (χ4v) is 3.31. The predicted molar refractivity (Wildman–Crippen MR) is 75.4 cm³/mol. The lowest BCUT2D eigenvalue weighted by atomic mass is 10.0. The molecule has 0 bridgehead atoms. The third-order valence-electron chi connectivity index (χ3n) is 4.73. The minimum atomic E-state index is -0.895. The lowest BCUT2D eigenvalue weighted by Gasteiger charge is -2.23. The topological polar surface area (TPSA) is 66.8 Å². The van der Waals surface area contributed by atoms with Gasteiger partial charge in [-0.15, -0.1) is 0 Å². The van der Waals surface area contributed by atoms with Crippen LogP contribution >= 0.6 is 0 Å². The number of imide groups is 1. The summed E-state index contributed by atoms with van der Waals surface area (Å²) < 4.78 is 5.11. The molecular weight excluding hydrogens is 270 g/mol. The molecular formula is C16H19NO4. The van der Waals surface area contributed by atoms with Crippen LogP contribution in [0.3, 0.4) is 0 Å². The molecule has 0 spiro atoms. The molecule has 5 heteroatoms. The van der Waals surface area contributed by atoms with Gasteiger partial charge in [0.15, 0.2) is 0 Å². The van der Waals surface area contributed by atoms with Crippen LogP contribution in [0.5, 0.6) is 5.75 Å². The number of aliphatic hydroxyl groups is 1. The van der Waals surface area contributed by atoms with Gasteiger partial charge in [-0.05, 0) is 23.1 Å². The maximum atomic E-state index is 12.2. The van der Waals surface area contributed by atoms with Gasteiger partial charge in [-0.2, -0.15) is 0 Å². The van der Waals surface area contributed by atoms with Crippen LogP contribution in [0.4, 0.5) is 0 Å². The van der Waals surface area contributed by atoms with Crippen LogP contribution in [0.25, 0.3) is 0 Å².